The van der Waals surface area contributed by atoms with E-state index < -0.39 is 6.10 Å². The van der Waals surface area contributed by atoms with Crippen molar-refractivity contribution in [1.82, 2.24) is 10.6 Å². The molecule has 2 aliphatic carbocycles. The van der Waals surface area contributed by atoms with Gasteiger partial charge in [-0.2, -0.15) is 0 Å². The first-order chi connectivity index (χ1) is 18.2. The molecule has 0 aromatic heterocycles. The molecular formula is C31H42N2O5. The number of hydrogen-bond acceptors (Lipinski definition) is 5. The third kappa shape index (κ3) is 6.32. The summed E-state index contributed by atoms with van der Waals surface area (Å²) in [6, 6.07) is 16.9. The Morgan fingerprint density at radius 2 is 1.74 bits per heavy atom. The number of carbonyl (C=O) groups is 2. The number of para-hydroxylation sites is 1. The highest BCUT2D eigenvalue weighted by molar-refractivity contribution is 5.79. The van der Waals surface area contributed by atoms with Crippen LogP contribution in [0.4, 0.5) is 0 Å². The van der Waals surface area contributed by atoms with Crippen molar-refractivity contribution >= 4 is 11.8 Å². The number of amides is 2. The molecule has 2 fully saturated rings. The molecule has 0 saturated heterocycles. The second-order valence-corrected chi connectivity index (χ2v) is 11.4. The van der Waals surface area contributed by atoms with E-state index in [1.54, 1.807) is 7.11 Å². The van der Waals surface area contributed by atoms with Crippen molar-refractivity contribution in [3.63, 3.8) is 0 Å². The Balaban J connectivity index is 1.34. The van der Waals surface area contributed by atoms with Gasteiger partial charge in [0.2, 0.25) is 5.91 Å². The highest BCUT2D eigenvalue weighted by atomic mass is 16.5. The molecule has 7 heteroatoms. The van der Waals surface area contributed by atoms with Gasteiger partial charge in [0.25, 0.3) is 5.91 Å². The van der Waals surface area contributed by atoms with Gasteiger partial charge in [0.05, 0.1) is 13.2 Å². The van der Waals surface area contributed by atoms with Crippen LogP contribution in [0.2, 0.25) is 0 Å². The minimum Gasteiger partial charge on any atom is -0.497 e. The predicted molar refractivity (Wildman–Crippen MR) is 147 cm³/mol. The number of methoxy groups -OCH3 is 1. The molecule has 2 aromatic rings. The van der Waals surface area contributed by atoms with Gasteiger partial charge in [-0.05, 0) is 78.7 Å². The van der Waals surface area contributed by atoms with Crippen molar-refractivity contribution in [3.8, 4) is 11.5 Å². The van der Waals surface area contributed by atoms with Gasteiger partial charge in [-0.3, -0.25) is 9.59 Å². The molecule has 0 bridgehead atoms. The fourth-order valence-electron chi connectivity index (χ4n) is 6.70. The van der Waals surface area contributed by atoms with Crippen molar-refractivity contribution in [2.45, 2.75) is 65.1 Å². The van der Waals surface area contributed by atoms with Crippen LogP contribution in [-0.4, -0.2) is 42.8 Å². The van der Waals surface area contributed by atoms with E-state index in [-0.39, 0.29) is 53.5 Å². The maximum Gasteiger partial charge on any atom is 0.258 e. The average molecular weight is 523 g/mol. The number of carbonyl (C=O) groups excluding carboxylic acids is 2. The Bertz CT molecular complexity index is 1080. The van der Waals surface area contributed by atoms with E-state index in [1.807, 2.05) is 61.5 Å². The summed E-state index contributed by atoms with van der Waals surface area (Å²) in [5, 5.41) is 17.8. The number of rotatable bonds is 9. The van der Waals surface area contributed by atoms with E-state index in [0.717, 1.165) is 37.0 Å². The molecule has 2 amide bonds. The summed E-state index contributed by atoms with van der Waals surface area (Å²) in [5.41, 5.74) is 0.995. The van der Waals surface area contributed by atoms with E-state index in [2.05, 4.69) is 24.5 Å². The molecule has 4 rings (SSSR count). The SMILES string of the molecule is COc1ccc(CNC(=O)[C@@H](C)[C@H]2CC[C@@]3(C)CC[C@H](NC(=O)COc4ccccc4)[C@@H](C)[C@@H]3[C@H]2O)cc1. The molecule has 0 aliphatic heterocycles. The second-order valence-electron chi connectivity index (χ2n) is 11.4. The summed E-state index contributed by atoms with van der Waals surface area (Å²) in [6.07, 6.45) is 3.00. The van der Waals surface area contributed by atoms with Gasteiger partial charge in [-0.15, -0.1) is 0 Å². The lowest BCUT2D eigenvalue weighted by molar-refractivity contribution is -0.144. The Labute approximate surface area is 226 Å². The minimum absolute atomic E-state index is 0.00358. The quantitative estimate of drug-likeness (QED) is 0.455. The zero-order valence-corrected chi connectivity index (χ0v) is 23.0. The molecule has 3 N–H and O–H groups in total. The lowest BCUT2D eigenvalue weighted by atomic mass is 9.51. The van der Waals surface area contributed by atoms with Crippen LogP contribution in [0.15, 0.2) is 54.6 Å². The lowest BCUT2D eigenvalue weighted by Gasteiger charge is -2.56. The Kier molecular flexibility index (Phi) is 8.98. The zero-order valence-electron chi connectivity index (χ0n) is 23.0. The first kappa shape index (κ1) is 28.0. The van der Waals surface area contributed by atoms with Gasteiger partial charge >= 0.3 is 0 Å². The summed E-state index contributed by atoms with van der Waals surface area (Å²) in [6.45, 7) is 6.72. The average Bonchev–Trinajstić information content (AvgIpc) is 2.93. The van der Waals surface area contributed by atoms with Crippen LogP contribution in [0, 0.1) is 29.1 Å². The Morgan fingerprint density at radius 1 is 1.05 bits per heavy atom. The monoisotopic (exact) mass is 522 g/mol. The Morgan fingerprint density at radius 3 is 2.42 bits per heavy atom. The fraction of sp³-hybridized carbons (Fsp3) is 0.548. The number of hydrogen-bond donors (Lipinski definition) is 3. The maximum atomic E-state index is 13.1. The van der Waals surface area contributed by atoms with Gasteiger partial charge < -0.3 is 25.2 Å². The molecule has 0 radical (unpaired) electrons. The molecule has 38 heavy (non-hydrogen) atoms. The van der Waals surface area contributed by atoms with E-state index in [9.17, 15) is 14.7 Å². The molecule has 7 nitrogen and oxygen atoms in total. The summed E-state index contributed by atoms with van der Waals surface area (Å²) in [5.74, 6) is 0.908. The summed E-state index contributed by atoms with van der Waals surface area (Å²) in [7, 11) is 1.63. The van der Waals surface area contributed by atoms with E-state index in [4.69, 9.17) is 9.47 Å². The summed E-state index contributed by atoms with van der Waals surface area (Å²) in [4.78, 5) is 25.8. The maximum absolute atomic E-state index is 13.1. The predicted octanol–water partition coefficient (Wildman–Crippen LogP) is 4.33. The van der Waals surface area contributed by atoms with Crippen molar-refractivity contribution in [2.24, 2.45) is 29.1 Å². The molecule has 0 heterocycles. The number of aliphatic hydroxyl groups excluding tert-OH is 1. The second kappa shape index (κ2) is 12.2. The van der Waals surface area contributed by atoms with Crippen molar-refractivity contribution in [2.75, 3.05) is 13.7 Å². The van der Waals surface area contributed by atoms with Crippen LogP contribution in [0.5, 0.6) is 11.5 Å². The van der Waals surface area contributed by atoms with Crippen molar-refractivity contribution in [3.05, 3.63) is 60.2 Å². The van der Waals surface area contributed by atoms with Crippen LogP contribution < -0.4 is 20.1 Å². The number of benzene rings is 2. The van der Waals surface area contributed by atoms with E-state index in [0.29, 0.717) is 12.3 Å². The third-order valence-corrected chi connectivity index (χ3v) is 9.03. The number of nitrogens with one attached hydrogen (secondary N) is 2. The first-order valence-electron chi connectivity index (χ1n) is 13.8. The summed E-state index contributed by atoms with van der Waals surface area (Å²) < 4.78 is 10.8. The van der Waals surface area contributed by atoms with Gasteiger partial charge in [-0.1, -0.05) is 51.1 Å². The topological polar surface area (TPSA) is 96.9 Å². The number of ether oxygens (including phenoxy) is 2. The zero-order chi connectivity index (χ0) is 27.3. The molecule has 206 valence electrons. The largest absolute Gasteiger partial charge is 0.497 e. The normalized spacial score (nSPS) is 29.4. The van der Waals surface area contributed by atoms with E-state index >= 15 is 0 Å². The molecule has 0 spiro atoms. The van der Waals surface area contributed by atoms with Gasteiger partial charge in [0, 0.05) is 18.5 Å². The molecule has 7 atom stereocenters. The third-order valence-electron chi connectivity index (χ3n) is 9.03. The van der Waals surface area contributed by atoms with Crippen molar-refractivity contribution in [1.29, 1.82) is 0 Å². The Hall–Kier alpha value is -3.06. The number of aliphatic hydroxyl groups is 1. The number of fused-ring (bicyclic) bond motifs is 1. The van der Waals surface area contributed by atoms with Crippen LogP contribution in [0.3, 0.4) is 0 Å². The minimum atomic E-state index is -0.606. The highest BCUT2D eigenvalue weighted by Gasteiger charge is 2.53. The first-order valence-corrected chi connectivity index (χ1v) is 13.8. The molecule has 2 aliphatic rings. The van der Waals surface area contributed by atoms with Crippen LogP contribution in [0.25, 0.3) is 0 Å². The highest BCUT2D eigenvalue weighted by Crippen LogP contribution is 2.55. The van der Waals surface area contributed by atoms with Gasteiger partial charge in [0.1, 0.15) is 11.5 Å². The summed E-state index contributed by atoms with van der Waals surface area (Å²) >= 11 is 0. The van der Waals surface area contributed by atoms with Gasteiger partial charge in [-0.25, -0.2) is 0 Å². The van der Waals surface area contributed by atoms with Gasteiger partial charge in [0.15, 0.2) is 6.61 Å². The molecule has 2 saturated carbocycles. The smallest absolute Gasteiger partial charge is 0.258 e. The van der Waals surface area contributed by atoms with Crippen LogP contribution >= 0.6 is 0 Å². The molecule has 2 aromatic carbocycles. The van der Waals surface area contributed by atoms with Crippen LogP contribution in [-0.2, 0) is 16.1 Å². The van der Waals surface area contributed by atoms with Crippen molar-refractivity contribution < 1.29 is 24.2 Å². The lowest BCUT2D eigenvalue weighted by Crippen LogP contribution is -2.58. The van der Waals surface area contributed by atoms with Crippen LogP contribution in [0.1, 0.15) is 52.0 Å². The fourth-order valence-corrected chi connectivity index (χ4v) is 6.70. The van der Waals surface area contributed by atoms with E-state index in [1.165, 1.54) is 0 Å². The standard InChI is InChI=1S/C31H42N2O5/c1-20(30(36)32-18-22-10-12-23(37-4)13-11-22)25-14-16-31(3)17-15-26(21(2)28(31)29(25)35)33-27(34)19-38-24-8-6-5-7-9-24/h5-13,20-21,25-26,28-29,35H,14-19H2,1-4H3,(H,32,36)(H,33,34)/t20-,21+,25+,26-,28+,29-,31-/m0/s1. The molecule has 0 unspecified atom stereocenters. The molecular weight excluding hydrogens is 480 g/mol.